The van der Waals surface area contributed by atoms with Crippen LogP contribution in [0.25, 0.3) is 10.8 Å². The molecule has 2 unspecified atom stereocenters. The summed E-state index contributed by atoms with van der Waals surface area (Å²) in [7, 11) is 3.66. The number of aryl methyl sites for hydroxylation is 1. The molecule has 0 amide bonds. The Balaban J connectivity index is 1.90. The van der Waals surface area contributed by atoms with Gasteiger partial charge in [0.05, 0.1) is 13.3 Å². The average Bonchev–Trinajstić information content (AvgIpc) is 3.00. The number of hydrogen-bond donors (Lipinski definition) is 1. The van der Waals surface area contributed by atoms with Gasteiger partial charge in [-0.3, -0.25) is 4.68 Å². The molecule has 2 atom stereocenters. The fraction of sp³-hybridized carbons (Fsp3) is 0.316. The van der Waals surface area contributed by atoms with Crippen LogP contribution < -0.4 is 10.1 Å². The van der Waals surface area contributed by atoms with E-state index in [9.17, 15) is 0 Å². The summed E-state index contributed by atoms with van der Waals surface area (Å²) < 4.78 is 7.32. The van der Waals surface area contributed by atoms with Gasteiger partial charge in [-0.2, -0.15) is 5.10 Å². The molecule has 1 heterocycles. The third-order valence-corrected chi connectivity index (χ3v) is 4.33. The van der Waals surface area contributed by atoms with Gasteiger partial charge in [0.15, 0.2) is 0 Å². The zero-order valence-electron chi connectivity index (χ0n) is 14.1. The largest absolute Gasteiger partial charge is 0.496 e. The molecule has 0 saturated heterocycles. The highest BCUT2D eigenvalue weighted by molar-refractivity contribution is 5.91. The Labute approximate surface area is 137 Å². The molecule has 0 bridgehead atoms. The van der Waals surface area contributed by atoms with Crippen LogP contribution in [0.15, 0.2) is 48.8 Å². The van der Waals surface area contributed by atoms with E-state index in [1.807, 2.05) is 30.1 Å². The molecule has 2 aromatic carbocycles. The Hall–Kier alpha value is -2.33. The van der Waals surface area contributed by atoms with Gasteiger partial charge in [0.25, 0.3) is 0 Å². The lowest BCUT2D eigenvalue weighted by Crippen LogP contribution is -2.22. The number of nitrogens with zero attached hydrogens (tertiary/aromatic N) is 2. The van der Waals surface area contributed by atoms with Crippen LogP contribution in [-0.4, -0.2) is 16.9 Å². The first-order valence-electron chi connectivity index (χ1n) is 7.90. The first-order chi connectivity index (χ1) is 11.1. The number of hydrogen-bond acceptors (Lipinski definition) is 3. The van der Waals surface area contributed by atoms with E-state index in [0.717, 1.165) is 11.1 Å². The van der Waals surface area contributed by atoms with Crippen molar-refractivity contribution in [3.63, 3.8) is 0 Å². The van der Waals surface area contributed by atoms with Gasteiger partial charge in [0.2, 0.25) is 0 Å². The Bertz CT molecular complexity index is 809. The molecule has 1 N–H and O–H groups in total. The SMILES string of the molecule is COc1ccc(C(C)NC(C)c2cnn(C)c2)c2ccccc12. The Kier molecular flexibility index (Phi) is 4.35. The molecule has 3 aromatic rings. The molecular weight excluding hydrogens is 286 g/mol. The molecule has 120 valence electrons. The van der Waals surface area contributed by atoms with E-state index in [1.165, 1.54) is 16.5 Å². The van der Waals surface area contributed by atoms with Crippen LogP contribution in [0.5, 0.6) is 5.75 Å². The Morgan fingerprint density at radius 1 is 1.04 bits per heavy atom. The van der Waals surface area contributed by atoms with E-state index in [2.05, 4.69) is 54.7 Å². The zero-order chi connectivity index (χ0) is 16.4. The lowest BCUT2D eigenvalue weighted by molar-refractivity contribution is 0.419. The number of methoxy groups -OCH3 is 1. The molecule has 0 aliphatic carbocycles. The van der Waals surface area contributed by atoms with Crippen molar-refractivity contribution in [3.05, 3.63) is 59.9 Å². The maximum absolute atomic E-state index is 5.48. The van der Waals surface area contributed by atoms with Gasteiger partial charge < -0.3 is 10.1 Å². The van der Waals surface area contributed by atoms with Crippen molar-refractivity contribution in [2.45, 2.75) is 25.9 Å². The minimum Gasteiger partial charge on any atom is -0.496 e. The first kappa shape index (κ1) is 15.6. The summed E-state index contributed by atoms with van der Waals surface area (Å²) in [6.07, 6.45) is 3.97. The van der Waals surface area contributed by atoms with E-state index in [-0.39, 0.29) is 12.1 Å². The van der Waals surface area contributed by atoms with Gasteiger partial charge in [-0.05, 0) is 30.9 Å². The predicted octanol–water partition coefficient (Wildman–Crippen LogP) is 3.99. The molecule has 4 nitrogen and oxygen atoms in total. The number of rotatable bonds is 5. The van der Waals surface area contributed by atoms with E-state index >= 15 is 0 Å². The summed E-state index contributed by atoms with van der Waals surface area (Å²) in [5, 5.41) is 10.3. The highest BCUT2D eigenvalue weighted by atomic mass is 16.5. The second-order valence-corrected chi connectivity index (χ2v) is 5.96. The van der Waals surface area contributed by atoms with Crippen molar-refractivity contribution in [2.24, 2.45) is 7.05 Å². The van der Waals surface area contributed by atoms with Gasteiger partial charge in [-0.15, -0.1) is 0 Å². The van der Waals surface area contributed by atoms with Crippen LogP contribution in [0, 0.1) is 0 Å². The summed E-state index contributed by atoms with van der Waals surface area (Å²) in [5.41, 5.74) is 2.47. The minimum absolute atomic E-state index is 0.223. The summed E-state index contributed by atoms with van der Waals surface area (Å²) in [6, 6.07) is 13.0. The molecule has 0 spiro atoms. The van der Waals surface area contributed by atoms with E-state index < -0.39 is 0 Å². The standard InChI is InChI=1S/C19H23N3O/c1-13(15-11-20-22(3)12-15)21-14(2)16-9-10-19(23-4)18-8-6-5-7-17(16)18/h5-14,21H,1-4H3. The maximum Gasteiger partial charge on any atom is 0.126 e. The number of ether oxygens (including phenoxy) is 1. The van der Waals surface area contributed by atoms with Crippen LogP contribution in [0.2, 0.25) is 0 Å². The van der Waals surface area contributed by atoms with E-state index in [0.29, 0.717) is 0 Å². The molecule has 23 heavy (non-hydrogen) atoms. The van der Waals surface area contributed by atoms with Crippen LogP contribution in [0.1, 0.15) is 37.1 Å². The number of benzene rings is 2. The maximum atomic E-state index is 5.48. The molecule has 4 heteroatoms. The third-order valence-electron chi connectivity index (χ3n) is 4.33. The van der Waals surface area contributed by atoms with Gasteiger partial charge in [0, 0.05) is 36.3 Å². The van der Waals surface area contributed by atoms with Crippen molar-refractivity contribution >= 4 is 10.8 Å². The molecule has 1 aromatic heterocycles. The Morgan fingerprint density at radius 2 is 1.78 bits per heavy atom. The van der Waals surface area contributed by atoms with Crippen molar-refractivity contribution in [3.8, 4) is 5.75 Å². The molecule has 0 aliphatic heterocycles. The summed E-state index contributed by atoms with van der Waals surface area (Å²) in [4.78, 5) is 0. The van der Waals surface area contributed by atoms with Gasteiger partial charge >= 0.3 is 0 Å². The highest BCUT2D eigenvalue weighted by Crippen LogP contribution is 2.32. The van der Waals surface area contributed by atoms with Crippen molar-refractivity contribution in [2.75, 3.05) is 7.11 Å². The van der Waals surface area contributed by atoms with Gasteiger partial charge in [0.1, 0.15) is 5.75 Å². The van der Waals surface area contributed by atoms with E-state index in [4.69, 9.17) is 4.74 Å². The monoisotopic (exact) mass is 309 g/mol. The van der Waals surface area contributed by atoms with Crippen molar-refractivity contribution < 1.29 is 4.74 Å². The van der Waals surface area contributed by atoms with Crippen LogP contribution in [0.4, 0.5) is 0 Å². The third kappa shape index (κ3) is 3.08. The summed E-state index contributed by atoms with van der Waals surface area (Å²) in [6.45, 7) is 4.36. The lowest BCUT2D eigenvalue weighted by atomic mass is 9.98. The second kappa shape index (κ2) is 6.42. The number of fused-ring (bicyclic) bond motifs is 1. The zero-order valence-corrected chi connectivity index (χ0v) is 14.1. The molecule has 3 rings (SSSR count). The van der Waals surface area contributed by atoms with Gasteiger partial charge in [-0.1, -0.05) is 30.3 Å². The fourth-order valence-electron chi connectivity index (χ4n) is 3.08. The van der Waals surface area contributed by atoms with Crippen LogP contribution in [0.3, 0.4) is 0 Å². The molecular formula is C19H23N3O. The minimum atomic E-state index is 0.223. The average molecular weight is 309 g/mol. The molecule has 0 saturated carbocycles. The topological polar surface area (TPSA) is 39.1 Å². The summed E-state index contributed by atoms with van der Waals surface area (Å²) in [5.74, 6) is 0.914. The van der Waals surface area contributed by atoms with Crippen LogP contribution in [-0.2, 0) is 7.05 Å². The van der Waals surface area contributed by atoms with Crippen molar-refractivity contribution in [1.29, 1.82) is 0 Å². The second-order valence-electron chi connectivity index (χ2n) is 5.96. The predicted molar refractivity (Wildman–Crippen MR) is 93.7 cm³/mol. The summed E-state index contributed by atoms with van der Waals surface area (Å²) >= 11 is 0. The Morgan fingerprint density at radius 3 is 2.43 bits per heavy atom. The molecule has 0 radical (unpaired) electrons. The smallest absolute Gasteiger partial charge is 0.126 e. The van der Waals surface area contributed by atoms with Crippen molar-refractivity contribution in [1.82, 2.24) is 15.1 Å². The van der Waals surface area contributed by atoms with E-state index in [1.54, 1.807) is 7.11 Å². The fourth-order valence-corrected chi connectivity index (χ4v) is 3.08. The number of nitrogens with one attached hydrogen (secondary N) is 1. The number of aromatic nitrogens is 2. The quantitative estimate of drug-likeness (QED) is 0.774. The lowest BCUT2D eigenvalue weighted by Gasteiger charge is -2.21. The highest BCUT2D eigenvalue weighted by Gasteiger charge is 2.15. The van der Waals surface area contributed by atoms with Gasteiger partial charge in [-0.25, -0.2) is 0 Å². The first-order valence-corrected chi connectivity index (χ1v) is 7.90. The van der Waals surface area contributed by atoms with Crippen LogP contribution >= 0.6 is 0 Å². The molecule has 0 aliphatic rings. The molecule has 0 fully saturated rings. The normalized spacial score (nSPS) is 13.9.